The summed E-state index contributed by atoms with van der Waals surface area (Å²) in [5.74, 6) is 0. The summed E-state index contributed by atoms with van der Waals surface area (Å²) in [6.07, 6.45) is 4.05. The number of hydrogen-bond acceptors (Lipinski definition) is 4. The molecule has 0 aliphatic carbocycles. The van der Waals surface area contributed by atoms with Crippen LogP contribution in [0.4, 0.5) is 0 Å². The van der Waals surface area contributed by atoms with Crippen molar-refractivity contribution >= 4 is 11.3 Å². The van der Waals surface area contributed by atoms with Crippen LogP contribution in [0.2, 0.25) is 0 Å². The van der Waals surface area contributed by atoms with Crippen LogP contribution in [0.5, 0.6) is 0 Å². The van der Waals surface area contributed by atoms with Gasteiger partial charge in [-0.1, -0.05) is 0 Å². The lowest BCUT2D eigenvalue weighted by molar-refractivity contribution is 0.331. The van der Waals surface area contributed by atoms with Crippen LogP contribution < -0.4 is 5.32 Å². The average Bonchev–Trinajstić information content (AvgIpc) is 2.90. The van der Waals surface area contributed by atoms with Gasteiger partial charge in [-0.25, -0.2) is 4.98 Å². The quantitative estimate of drug-likeness (QED) is 0.770. The van der Waals surface area contributed by atoms with Crippen molar-refractivity contribution in [3.05, 3.63) is 16.1 Å². The molecule has 0 unspecified atom stereocenters. The van der Waals surface area contributed by atoms with Gasteiger partial charge in [0.1, 0.15) is 0 Å². The third kappa shape index (κ3) is 3.54. The van der Waals surface area contributed by atoms with E-state index in [4.69, 9.17) is 0 Å². The second-order valence-electron chi connectivity index (χ2n) is 4.44. The van der Waals surface area contributed by atoms with Crippen LogP contribution >= 0.6 is 11.3 Å². The molecule has 1 aliphatic rings. The van der Waals surface area contributed by atoms with Crippen molar-refractivity contribution in [2.24, 2.45) is 0 Å². The van der Waals surface area contributed by atoms with Crippen LogP contribution in [-0.2, 0) is 6.54 Å². The van der Waals surface area contributed by atoms with E-state index in [2.05, 4.69) is 22.1 Å². The summed E-state index contributed by atoms with van der Waals surface area (Å²) in [5, 5.41) is 3.50. The smallest absolute Gasteiger partial charge is 0.0798 e. The van der Waals surface area contributed by atoms with E-state index in [0.717, 1.165) is 13.1 Å². The third-order valence-electron chi connectivity index (χ3n) is 3.16. The molecule has 0 bridgehead atoms. The predicted octanol–water partition coefficient (Wildman–Crippen LogP) is 2.03. The van der Waals surface area contributed by atoms with Crippen LogP contribution in [0.25, 0.3) is 0 Å². The maximum Gasteiger partial charge on any atom is 0.0798 e. The molecule has 0 radical (unpaired) electrons. The minimum Gasteiger partial charge on any atom is -0.312 e. The van der Waals surface area contributed by atoms with Gasteiger partial charge in [0.05, 0.1) is 11.2 Å². The molecule has 0 saturated carbocycles. The number of rotatable bonds is 6. The van der Waals surface area contributed by atoms with Crippen LogP contribution in [0.1, 0.15) is 29.8 Å². The second-order valence-corrected chi connectivity index (χ2v) is 5.38. The number of aromatic nitrogens is 1. The summed E-state index contributed by atoms with van der Waals surface area (Å²) in [6.45, 7) is 8.07. The highest BCUT2D eigenvalue weighted by molar-refractivity contribution is 7.09. The number of nitrogens with zero attached hydrogens (tertiary/aromatic N) is 2. The Morgan fingerprint density at radius 1 is 1.44 bits per heavy atom. The molecule has 1 N–H and O–H groups in total. The molecule has 0 aromatic carbocycles. The zero-order valence-electron chi connectivity index (χ0n) is 10.0. The Balaban J connectivity index is 1.53. The van der Waals surface area contributed by atoms with Gasteiger partial charge in [-0.3, -0.25) is 0 Å². The minimum absolute atomic E-state index is 0.983. The molecule has 0 spiro atoms. The summed E-state index contributed by atoms with van der Waals surface area (Å²) >= 11 is 1.75. The van der Waals surface area contributed by atoms with E-state index >= 15 is 0 Å². The summed E-state index contributed by atoms with van der Waals surface area (Å²) in [5.41, 5.74) is 3.10. The number of aryl methyl sites for hydroxylation is 1. The van der Waals surface area contributed by atoms with E-state index in [1.165, 1.54) is 49.5 Å². The first-order valence-electron chi connectivity index (χ1n) is 6.18. The molecule has 1 aromatic rings. The number of likely N-dealkylation sites (tertiary alicyclic amines) is 1. The van der Waals surface area contributed by atoms with Crippen molar-refractivity contribution in [2.75, 3.05) is 26.2 Å². The topological polar surface area (TPSA) is 28.2 Å². The van der Waals surface area contributed by atoms with Crippen LogP contribution in [0.15, 0.2) is 5.51 Å². The van der Waals surface area contributed by atoms with Crippen molar-refractivity contribution in [3.8, 4) is 0 Å². The van der Waals surface area contributed by atoms with Crippen molar-refractivity contribution in [1.29, 1.82) is 0 Å². The fraction of sp³-hybridized carbons (Fsp3) is 0.750. The van der Waals surface area contributed by atoms with Gasteiger partial charge in [0.2, 0.25) is 0 Å². The molecule has 2 heterocycles. The first-order valence-corrected chi connectivity index (χ1v) is 7.06. The number of nitrogens with one attached hydrogen (secondary N) is 1. The summed E-state index contributed by atoms with van der Waals surface area (Å²) in [6, 6.07) is 0. The summed E-state index contributed by atoms with van der Waals surface area (Å²) in [4.78, 5) is 8.19. The van der Waals surface area contributed by atoms with Gasteiger partial charge >= 0.3 is 0 Å². The Morgan fingerprint density at radius 3 is 2.94 bits per heavy atom. The largest absolute Gasteiger partial charge is 0.312 e. The molecule has 1 aromatic heterocycles. The molecule has 16 heavy (non-hydrogen) atoms. The van der Waals surface area contributed by atoms with E-state index < -0.39 is 0 Å². The predicted molar refractivity (Wildman–Crippen MR) is 68.8 cm³/mol. The Labute approximate surface area is 102 Å². The fourth-order valence-corrected chi connectivity index (χ4v) is 2.88. The molecule has 3 nitrogen and oxygen atoms in total. The highest BCUT2D eigenvalue weighted by atomic mass is 32.1. The molecule has 1 aliphatic heterocycles. The monoisotopic (exact) mass is 239 g/mol. The highest BCUT2D eigenvalue weighted by Gasteiger charge is 2.09. The fourth-order valence-electron chi connectivity index (χ4n) is 2.13. The molecular formula is C12H21N3S. The van der Waals surface area contributed by atoms with Gasteiger partial charge in [-0.05, 0) is 52.4 Å². The summed E-state index contributed by atoms with van der Waals surface area (Å²) in [7, 11) is 0. The zero-order chi connectivity index (χ0) is 11.2. The van der Waals surface area contributed by atoms with E-state index in [1.807, 2.05) is 5.51 Å². The molecule has 1 fully saturated rings. The SMILES string of the molecule is Cc1ncsc1CNCCCN1CCCC1. The van der Waals surface area contributed by atoms with Gasteiger partial charge < -0.3 is 10.2 Å². The maximum atomic E-state index is 4.25. The van der Waals surface area contributed by atoms with E-state index in [0.29, 0.717) is 0 Å². The first-order chi connectivity index (χ1) is 7.86. The number of hydrogen-bond donors (Lipinski definition) is 1. The van der Waals surface area contributed by atoms with Crippen LogP contribution in [0, 0.1) is 6.92 Å². The Bertz CT molecular complexity index is 305. The van der Waals surface area contributed by atoms with E-state index in [9.17, 15) is 0 Å². The van der Waals surface area contributed by atoms with Gasteiger partial charge in [-0.2, -0.15) is 0 Å². The van der Waals surface area contributed by atoms with Crippen molar-refractivity contribution in [1.82, 2.24) is 15.2 Å². The minimum atomic E-state index is 0.983. The van der Waals surface area contributed by atoms with E-state index in [1.54, 1.807) is 11.3 Å². The second kappa shape index (κ2) is 6.33. The van der Waals surface area contributed by atoms with Gasteiger partial charge in [0.25, 0.3) is 0 Å². The first kappa shape index (κ1) is 12.0. The zero-order valence-corrected chi connectivity index (χ0v) is 10.9. The number of thiazole rings is 1. The molecular weight excluding hydrogens is 218 g/mol. The van der Waals surface area contributed by atoms with Gasteiger partial charge in [0.15, 0.2) is 0 Å². The summed E-state index contributed by atoms with van der Waals surface area (Å²) < 4.78 is 0. The maximum absolute atomic E-state index is 4.25. The Morgan fingerprint density at radius 2 is 2.25 bits per heavy atom. The lowest BCUT2D eigenvalue weighted by atomic mass is 10.3. The molecule has 1 saturated heterocycles. The average molecular weight is 239 g/mol. The molecule has 0 atom stereocenters. The van der Waals surface area contributed by atoms with Gasteiger partial charge in [0, 0.05) is 11.4 Å². The van der Waals surface area contributed by atoms with Crippen molar-refractivity contribution < 1.29 is 0 Å². The third-order valence-corrected chi connectivity index (χ3v) is 4.09. The lowest BCUT2D eigenvalue weighted by Gasteiger charge is -2.14. The van der Waals surface area contributed by atoms with Crippen LogP contribution in [-0.4, -0.2) is 36.1 Å². The highest BCUT2D eigenvalue weighted by Crippen LogP contribution is 2.11. The van der Waals surface area contributed by atoms with Crippen molar-refractivity contribution in [3.63, 3.8) is 0 Å². The lowest BCUT2D eigenvalue weighted by Crippen LogP contribution is -2.24. The molecule has 2 rings (SSSR count). The molecule has 4 heteroatoms. The Hall–Kier alpha value is -0.450. The Kier molecular flexibility index (Phi) is 4.75. The molecule has 90 valence electrons. The van der Waals surface area contributed by atoms with E-state index in [-0.39, 0.29) is 0 Å². The van der Waals surface area contributed by atoms with Crippen molar-refractivity contribution in [2.45, 2.75) is 32.7 Å². The van der Waals surface area contributed by atoms with Gasteiger partial charge in [-0.15, -0.1) is 11.3 Å². The molecule has 0 amide bonds. The van der Waals surface area contributed by atoms with Crippen LogP contribution in [0.3, 0.4) is 0 Å². The normalized spacial score (nSPS) is 17.1. The standard InChI is InChI=1S/C12H21N3S/c1-11-12(16-10-14-11)9-13-5-4-8-15-6-2-3-7-15/h10,13H,2-9H2,1H3.